The van der Waals surface area contributed by atoms with Gasteiger partial charge < -0.3 is 4.90 Å². The molecule has 1 atom stereocenters. The number of likely N-dealkylation sites (tertiary alicyclic amines) is 1. The van der Waals surface area contributed by atoms with Crippen LogP contribution in [0, 0.1) is 24.2 Å². The summed E-state index contributed by atoms with van der Waals surface area (Å²) in [6.45, 7) is 23.7. The SMILES string of the molecule is CCCN(CCC)CCCN1CCN(Cc2cccc(C(=O)NN(CC(C)C)c3[nH]ncc3Cl)c2)CC1C/C(C)=C/N(NC(=O)c1cccc(CN2CCCCC2)c1)c1nc(C#N)ncc1C. The topological polar surface area (TPSA) is 156 Å². The van der Waals surface area contributed by atoms with Gasteiger partial charge in [-0.3, -0.25) is 45.2 Å². The molecule has 2 saturated heterocycles. The molecule has 3 N–H and O–H groups in total. The molecule has 0 saturated carbocycles. The Kier molecular flexibility index (Phi) is 19.6. The molecule has 6 rings (SSSR count). The molecule has 67 heavy (non-hydrogen) atoms. The largest absolute Gasteiger partial charge is 0.303 e. The normalized spacial score (nSPS) is 16.3. The Labute approximate surface area is 403 Å². The van der Waals surface area contributed by atoms with Crippen LogP contribution in [-0.2, 0) is 13.1 Å². The smallest absolute Gasteiger partial charge is 0.270 e. The summed E-state index contributed by atoms with van der Waals surface area (Å²) in [4.78, 5) is 46.7. The first-order chi connectivity index (χ1) is 32.4. The van der Waals surface area contributed by atoms with Crippen molar-refractivity contribution in [3.05, 3.63) is 111 Å². The molecule has 2 aliphatic rings. The monoisotopic (exact) mass is 934 g/mol. The molecular formula is C51H72ClN13O2. The van der Waals surface area contributed by atoms with Crippen LogP contribution in [0.25, 0.3) is 0 Å². The number of rotatable bonds is 23. The molecule has 16 heteroatoms. The van der Waals surface area contributed by atoms with Gasteiger partial charge in [-0.15, -0.1) is 0 Å². The van der Waals surface area contributed by atoms with E-state index >= 15 is 0 Å². The third kappa shape index (κ3) is 15.3. The van der Waals surface area contributed by atoms with Crippen molar-refractivity contribution in [2.45, 2.75) is 106 Å². The zero-order valence-corrected chi connectivity index (χ0v) is 41.4. The van der Waals surface area contributed by atoms with Crippen LogP contribution < -0.4 is 20.9 Å². The predicted octanol–water partition coefficient (Wildman–Crippen LogP) is 7.97. The van der Waals surface area contributed by atoms with Gasteiger partial charge in [0.25, 0.3) is 11.8 Å². The molecule has 0 bridgehead atoms. The van der Waals surface area contributed by atoms with Crippen molar-refractivity contribution in [3.8, 4) is 6.07 Å². The van der Waals surface area contributed by atoms with Crippen LogP contribution in [0.4, 0.5) is 11.6 Å². The number of H-pyrrole nitrogens is 1. The fraction of sp³-hybridized carbons (Fsp3) is 0.529. The molecule has 0 spiro atoms. The van der Waals surface area contributed by atoms with E-state index in [9.17, 15) is 14.9 Å². The van der Waals surface area contributed by atoms with Gasteiger partial charge in [0.05, 0.1) is 6.20 Å². The Morgan fingerprint density at radius 2 is 1.60 bits per heavy atom. The first kappa shape index (κ1) is 51.0. The molecule has 0 radical (unpaired) electrons. The number of benzene rings is 2. The summed E-state index contributed by atoms with van der Waals surface area (Å²) >= 11 is 6.41. The van der Waals surface area contributed by atoms with Gasteiger partial charge in [0, 0.05) is 74.4 Å². The number of amides is 2. The van der Waals surface area contributed by atoms with Gasteiger partial charge in [-0.05, 0) is 133 Å². The zero-order valence-electron chi connectivity index (χ0n) is 40.6. The third-order valence-electron chi connectivity index (χ3n) is 12.4. The van der Waals surface area contributed by atoms with Gasteiger partial charge in [0.15, 0.2) is 11.6 Å². The number of hydrogen-bond donors (Lipinski definition) is 3. The lowest BCUT2D eigenvalue weighted by Gasteiger charge is -2.42. The number of aromatic amines is 1. The molecule has 4 aromatic rings. The zero-order chi connectivity index (χ0) is 47.7. The molecule has 2 amide bonds. The maximum absolute atomic E-state index is 14.1. The van der Waals surface area contributed by atoms with Crippen LogP contribution in [0.5, 0.6) is 0 Å². The fourth-order valence-corrected chi connectivity index (χ4v) is 9.40. The lowest BCUT2D eigenvalue weighted by atomic mass is 10.0. The average molecular weight is 935 g/mol. The summed E-state index contributed by atoms with van der Waals surface area (Å²) in [5, 5.41) is 20.6. The molecule has 4 heterocycles. The number of nitrogens with zero attached hydrogens (tertiary/aromatic N) is 10. The molecule has 0 aliphatic carbocycles. The first-order valence-electron chi connectivity index (χ1n) is 24.3. The van der Waals surface area contributed by atoms with Gasteiger partial charge in [0.1, 0.15) is 11.1 Å². The minimum Gasteiger partial charge on any atom is -0.303 e. The van der Waals surface area contributed by atoms with Crippen molar-refractivity contribution in [2.75, 3.05) is 75.5 Å². The highest BCUT2D eigenvalue weighted by Gasteiger charge is 2.28. The van der Waals surface area contributed by atoms with Gasteiger partial charge in [-0.2, -0.15) is 15.3 Å². The number of aromatic nitrogens is 4. The minimum absolute atomic E-state index is 0.0281. The number of piperazine rings is 1. The summed E-state index contributed by atoms with van der Waals surface area (Å²) in [7, 11) is 0. The van der Waals surface area contributed by atoms with Crippen molar-refractivity contribution in [1.82, 2.24) is 50.6 Å². The van der Waals surface area contributed by atoms with E-state index in [1.165, 1.54) is 25.5 Å². The van der Waals surface area contributed by atoms with E-state index in [1.807, 2.05) is 49.5 Å². The summed E-state index contributed by atoms with van der Waals surface area (Å²) in [5.41, 5.74) is 11.2. The van der Waals surface area contributed by atoms with E-state index in [0.717, 1.165) is 113 Å². The number of nitriles is 1. The molecule has 2 aromatic carbocycles. The molecule has 2 fully saturated rings. The Hall–Kier alpha value is -5.37. The molecule has 1 unspecified atom stereocenters. The fourth-order valence-electron chi connectivity index (χ4n) is 9.20. The maximum atomic E-state index is 14.1. The van der Waals surface area contributed by atoms with Crippen molar-refractivity contribution >= 4 is 35.1 Å². The average Bonchev–Trinajstić information content (AvgIpc) is 3.75. The minimum atomic E-state index is -0.260. The number of nitrogens with one attached hydrogen (secondary N) is 3. The van der Waals surface area contributed by atoms with Crippen LogP contribution in [0.1, 0.15) is 123 Å². The molecular weight excluding hydrogens is 862 g/mol. The van der Waals surface area contributed by atoms with Crippen molar-refractivity contribution in [1.29, 1.82) is 5.26 Å². The first-order valence-corrected chi connectivity index (χ1v) is 24.7. The second kappa shape index (κ2) is 25.7. The van der Waals surface area contributed by atoms with E-state index in [4.69, 9.17) is 11.6 Å². The molecule has 15 nitrogen and oxygen atoms in total. The van der Waals surface area contributed by atoms with Crippen LogP contribution in [0.2, 0.25) is 5.02 Å². The maximum Gasteiger partial charge on any atom is 0.270 e. The number of halogens is 1. The highest BCUT2D eigenvalue weighted by molar-refractivity contribution is 6.32. The number of anilines is 2. The van der Waals surface area contributed by atoms with Crippen molar-refractivity contribution in [2.24, 2.45) is 5.92 Å². The lowest BCUT2D eigenvalue weighted by Crippen LogP contribution is -2.53. The predicted molar refractivity (Wildman–Crippen MR) is 267 cm³/mol. The van der Waals surface area contributed by atoms with Gasteiger partial charge in [-0.1, -0.05) is 75.6 Å². The highest BCUT2D eigenvalue weighted by Crippen LogP contribution is 2.25. The van der Waals surface area contributed by atoms with Crippen molar-refractivity contribution in [3.63, 3.8) is 0 Å². The summed E-state index contributed by atoms with van der Waals surface area (Å²) in [5.74, 6) is 0.800. The van der Waals surface area contributed by atoms with E-state index in [2.05, 4.69) is 103 Å². The number of carbonyl (C=O) groups is 2. The second-order valence-electron chi connectivity index (χ2n) is 18.7. The quantitative estimate of drug-likeness (QED) is 0.0618. The Balaban J connectivity index is 1.21. The molecule has 2 aromatic heterocycles. The summed E-state index contributed by atoms with van der Waals surface area (Å²) < 4.78 is 0. The van der Waals surface area contributed by atoms with Gasteiger partial charge in [-0.25, -0.2) is 9.99 Å². The van der Waals surface area contributed by atoms with E-state index in [0.29, 0.717) is 40.9 Å². The van der Waals surface area contributed by atoms with Crippen LogP contribution in [-0.4, -0.2) is 123 Å². The number of piperidine rings is 1. The summed E-state index contributed by atoms with van der Waals surface area (Å²) in [6, 6.07) is 17.9. The Morgan fingerprint density at radius 3 is 2.22 bits per heavy atom. The van der Waals surface area contributed by atoms with Gasteiger partial charge in [0.2, 0.25) is 5.82 Å². The van der Waals surface area contributed by atoms with Gasteiger partial charge >= 0.3 is 0 Å². The second-order valence-corrected chi connectivity index (χ2v) is 19.1. The van der Waals surface area contributed by atoms with Crippen LogP contribution in [0.15, 0.2) is 72.7 Å². The van der Waals surface area contributed by atoms with E-state index in [-0.39, 0.29) is 29.6 Å². The van der Waals surface area contributed by atoms with Crippen LogP contribution in [0.3, 0.4) is 0 Å². The molecule has 2 aliphatic heterocycles. The highest BCUT2D eigenvalue weighted by atomic mass is 35.5. The number of hydrogen-bond acceptors (Lipinski definition) is 12. The third-order valence-corrected chi connectivity index (χ3v) is 12.6. The number of carbonyl (C=O) groups excluding carboxylic acids is 2. The summed E-state index contributed by atoms with van der Waals surface area (Å²) in [6.07, 6.45) is 12.9. The standard InChI is InChI=1S/C51H72ClN13O2/c1-7-19-60(20-8-2)23-14-24-63-26-25-62(36-42-16-13-18-44(29-42)50(66)58-64(33-38(3)4)49-46(52)32-55-57-49)37-45(63)27-39(5)34-65(48-40(6)31-54-47(30-53)56-48)59-51(67)43-17-12-15-41(28-43)35-61-21-10-9-11-22-61/h12-13,15-18,28-29,31-32,34,38,45H,7-11,14,19-27,33,35-37H2,1-6H3,(H,55,57)(H,58,66)(H,59,67)/b39-34+. The van der Waals surface area contributed by atoms with Crippen molar-refractivity contribution < 1.29 is 9.59 Å². The Bertz CT molecular complexity index is 2280. The van der Waals surface area contributed by atoms with E-state index < -0.39 is 0 Å². The lowest BCUT2D eigenvalue weighted by molar-refractivity contribution is 0.0662. The number of hydrazine groups is 2. The molecule has 360 valence electrons. The number of aryl methyl sites for hydroxylation is 1. The van der Waals surface area contributed by atoms with Crippen LogP contribution >= 0.6 is 11.6 Å². The van der Waals surface area contributed by atoms with E-state index in [1.54, 1.807) is 16.2 Å². The Morgan fingerprint density at radius 1 is 0.925 bits per heavy atom.